The molecule has 0 bridgehead atoms. The van der Waals surface area contributed by atoms with Crippen LogP contribution in [-0.4, -0.2) is 29.5 Å². The van der Waals surface area contributed by atoms with Gasteiger partial charge in [-0.2, -0.15) is 0 Å². The summed E-state index contributed by atoms with van der Waals surface area (Å²) < 4.78 is 5.24. The second kappa shape index (κ2) is 7.40. The average molecular weight is 326 g/mol. The topological polar surface area (TPSA) is 76.1 Å². The molecule has 3 rings (SSSR count). The van der Waals surface area contributed by atoms with E-state index >= 15 is 0 Å². The highest BCUT2D eigenvalue weighted by Gasteiger charge is 2.19. The van der Waals surface area contributed by atoms with E-state index in [1.165, 1.54) is 6.42 Å². The Morgan fingerprint density at radius 1 is 1.29 bits per heavy atom. The van der Waals surface area contributed by atoms with Crippen LogP contribution >= 0.6 is 0 Å². The smallest absolute Gasteiger partial charge is 0.260 e. The van der Waals surface area contributed by atoms with Crippen molar-refractivity contribution in [2.24, 2.45) is 0 Å². The van der Waals surface area contributed by atoms with E-state index in [-0.39, 0.29) is 11.9 Å². The molecule has 2 N–H and O–H groups in total. The van der Waals surface area contributed by atoms with Crippen LogP contribution in [-0.2, 0) is 0 Å². The fraction of sp³-hybridized carbons (Fsp3) is 0.389. The third-order valence-corrected chi connectivity index (χ3v) is 4.09. The number of amides is 1. The quantitative estimate of drug-likeness (QED) is 0.903. The van der Waals surface area contributed by atoms with Crippen molar-refractivity contribution in [1.29, 1.82) is 0 Å². The summed E-state index contributed by atoms with van der Waals surface area (Å²) in [5.74, 6) is 1.55. The van der Waals surface area contributed by atoms with Crippen molar-refractivity contribution in [2.45, 2.75) is 32.2 Å². The molecule has 6 heteroatoms. The van der Waals surface area contributed by atoms with Gasteiger partial charge in [0, 0.05) is 11.8 Å². The van der Waals surface area contributed by atoms with Crippen molar-refractivity contribution < 1.29 is 9.53 Å². The lowest BCUT2D eigenvalue weighted by Crippen LogP contribution is -2.29. The molecule has 0 aliphatic carbocycles. The number of carbonyl (C=O) groups excluding carboxylic acids is 1. The van der Waals surface area contributed by atoms with E-state index in [4.69, 9.17) is 4.74 Å². The number of hydrogen-bond donors (Lipinski definition) is 2. The molecule has 1 atom stereocenters. The summed E-state index contributed by atoms with van der Waals surface area (Å²) in [6, 6.07) is 9.06. The van der Waals surface area contributed by atoms with Crippen LogP contribution in [0.2, 0.25) is 0 Å². The van der Waals surface area contributed by atoms with E-state index in [0.29, 0.717) is 17.1 Å². The maximum atomic E-state index is 12.5. The van der Waals surface area contributed by atoms with Crippen LogP contribution in [0.5, 0.6) is 5.75 Å². The van der Waals surface area contributed by atoms with Gasteiger partial charge in [0.05, 0.1) is 18.7 Å². The van der Waals surface area contributed by atoms with Gasteiger partial charge >= 0.3 is 0 Å². The maximum Gasteiger partial charge on any atom is 0.260 e. The van der Waals surface area contributed by atoms with Crippen LogP contribution in [0, 0.1) is 6.92 Å². The minimum Gasteiger partial charge on any atom is -0.496 e. The van der Waals surface area contributed by atoms with Gasteiger partial charge in [0.25, 0.3) is 5.91 Å². The molecule has 0 saturated carbocycles. The molecule has 1 aromatic heterocycles. The number of piperidine rings is 1. The first-order valence-corrected chi connectivity index (χ1v) is 8.20. The molecule has 1 aliphatic heterocycles. The van der Waals surface area contributed by atoms with E-state index in [1.807, 2.05) is 13.0 Å². The van der Waals surface area contributed by atoms with Crippen molar-refractivity contribution in [2.75, 3.05) is 19.0 Å². The molecule has 2 heterocycles. The first-order chi connectivity index (χ1) is 11.7. The van der Waals surface area contributed by atoms with Crippen molar-refractivity contribution in [3.8, 4) is 5.75 Å². The molecular weight excluding hydrogens is 304 g/mol. The first-order valence-electron chi connectivity index (χ1n) is 8.20. The highest BCUT2D eigenvalue weighted by atomic mass is 16.5. The number of benzene rings is 1. The molecule has 2 aromatic rings. The van der Waals surface area contributed by atoms with Crippen molar-refractivity contribution in [3.05, 3.63) is 47.4 Å². The third-order valence-electron chi connectivity index (χ3n) is 4.09. The number of anilines is 1. The number of rotatable bonds is 4. The normalized spacial score (nSPS) is 17.3. The van der Waals surface area contributed by atoms with Crippen LogP contribution in [0.15, 0.2) is 30.3 Å². The monoisotopic (exact) mass is 326 g/mol. The zero-order valence-electron chi connectivity index (χ0n) is 14.0. The Kier molecular flexibility index (Phi) is 5.05. The first kappa shape index (κ1) is 16.4. The number of aryl methyl sites for hydroxylation is 1. The molecule has 1 unspecified atom stereocenters. The van der Waals surface area contributed by atoms with Crippen molar-refractivity contribution in [3.63, 3.8) is 0 Å². The van der Waals surface area contributed by atoms with Gasteiger partial charge < -0.3 is 15.4 Å². The predicted molar refractivity (Wildman–Crippen MR) is 92.3 cm³/mol. The van der Waals surface area contributed by atoms with E-state index in [1.54, 1.807) is 31.4 Å². The highest BCUT2D eigenvalue weighted by Crippen LogP contribution is 2.23. The van der Waals surface area contributed by atoms with Gasteiger partial charge in [-0.15, -0.1) is 0 Å². The fourth-order valence-corrected chi connectivity index (χ4v) is 2.90. The maximum absolute atomic E-state index is 12.5. The van der Waals surface area contributed by atoms with Gasteiger partial charge in [-0.1, -0.05) is 18.6 Å². The number of para-hydroxylation sites is 1. The Morgan fingerprint density at radius 3 is 2.88 bits per heavy atom. The number of methoxy groups -OCH3 is 1. The lowest BCUT2D eigenvalue weighted by atomic mass is 10.0. The molecule has 0 radical (unpaired) electrons. The lowest BCUT2D eigenvalue weighted by Gasteiger charge is -2.22. The van der Waals surface area contributed by atoms with E-state index in [9.17, 15) is 4.79 Å². The summed E-state index contributed by atoms with van der Waals surface area (Å²) in [6.07, 6.45) is 3.36. The second-order valence-electron chi connectivity index (χ2n) is 5.91. The van der Waals surface area contributed by atoms with Gasteiger partial charge in [-0.25, -0.2) is 9.97 Å². The predicted octanol–water partition coefficient (Wildman–Crippen LogP) is 2.86. The molecule has 1 aromatic carbocycles. The Balaban J connectivity index is 1.81. The summed E-state index contributed by atoms with van der Waals surface area (Å²) in [5, 5.41) is 6.29. The van der Waals surface area contributed by atoms with Crippen molar-refractivity contribution in [1.82, 2.24) is 15.3 Å². The second-order valence-corrected chi connectivity index (χ2v) is 5.91. The van der Waals surface area contributed by atoms with Gasteiger partial charge in [-0.05, 0) is 38.4 Å². The van der Waals surface area contributed by atoms with Crippen LogP contribution in [0.1, 0.15) is 47.2 Å². The molecule has 1 aliphatic rings. The van der Waals surface area contributed by atoms with Gasteiger partial charge in [0.15, 0.2) is 0 Å². The minimum absolute atomic E-state index is 0.153. The molecule has 1 fully saturated rings. The molecule has 1 saturated heterocycles. The Hall–Kier alpha value is -2.47. The minimum atomic E-state index is -0.242. The number of ether oxygens (including phenoxy) is 1. The Morgan fingerprint density at radius 2 is 2.12 bits per heavy atom. The van der Waals surface area contributed by atoms with E-state index < -0.39 is 0 Å². The van der Waals surface area contributed by atoms with Gasteiger partial charge in [0.1, 0.15) is 17.4 Å². The van der Waals surface area contributed by atoms with Crippen molar-refractivity contribution >= 4 is 11.7 Å². The van der Waals surface area contributed by atoms with Gasteiger partial charge in [-0.3, -0.25) is 4.79 Å². The summed E-state index contributed by atoms with van der Waals surface area (Å²) in [7, 11) is 1.55. The summed E-state index contributed by atoms with van der Waals surface area (Å²) >= 11 is 0. The number of aromatic nitrogens is 2. The van der Waals surface area contributed by atoms with E-state index in [0.717, 1.165) is 30.9 Å². The lowest BCUT2D eigenvalue weighted by molar-refractivity contribution is 0.102. The number of hydrogen-bond acceptors (Lipinski definition) is 5. The number of nitrogens with zero attached hydrogens (tertiary/aromatic N) is 2. The third kappa shape index (κ3) is 3.71. The summed E-state index contributed by atoms with van der Waals surface area (Å²) in [5.41, 5.74) is 1.32. The zero-order valence-corrected chi connectivity index (χ0v) is 14.0. The largest absolute Gasteiger partial charge is 0.496 e. The van der Waals surface area contributed by atoms with Crippen LogP contribution < -0.4 is 15.4 Å². The number of nitrogens with one attached hydrogen (secondary N) is 2. The molecule has 6 nitrogen and oxygen atoms in total. The highest BCUT2D eigenvalue weighted by molar-refractivity contribution is 6.05. The zero-order chi connectivity index (χ0) is 16.9. The molecule has 24 heavy (non-hydrogen) atoms. The molecule has 0 spiro atoms. The summed E-state index contributed by atoms with van der Waals surface area (Å²) in [4.78, 5) is 21.6. The number of carbonyl (C=O) groups is 1. The summed E-state index contributed by atoms with van der Waals surface area (Å²) in [6.45, 7) is 2.89. The van der Waals surface area contributed by atoms with Gasteiger partial charge in [0.2, 0.25) is 0 Å². The van der Waals surface area contributed by atoms with E-state index in [2.05, 4.69) is 20.6 Å². The standard InChI is InChI=1S/C18H22N4O2/c1-12-11-16(21-17(20-12)14-8-5-6-10-19-14)22-18(23)13-7-3-4-9-15(13)24-2/h3-4,7,9,11,14,19H,5-6,8,10H2,1-2H3,(H,20,21,22,23). The Labute approximate surface area is 141 Å². The average Bonchev–Trinajstić information content (AvgIpc) is 2.62. The SMILES string of the molecule is COc1ccccc1C(=O)Nc1cc(C)nc(C2CCCCN2)n1. The molecular formula is C18H22N4O2. The molecule has 1 amide bonds. The Bertz CT molecular complexity index is 727. The van der Waals surface area contributed by atoms with Crippen LogP contribution in [0.3, 0.4) is 0 Å². The van der Waals surface area contributed by atoms with Crippen LogP contribution in [0.25, 0.3) is 0 Å². The molecule has 126 valence electrons. The van der Waals surface area contributed by atoms with Crippen LogP contribution in [0.4, 0.5) is 5.82 Å². The fourth-order valence-electron chi connectivity index (χ4n) is 2.90.